The number of rotatable bonds is 10. The molecule has 164 valence electrons. The number of carbonyl (C=O) groups excluding carboxylic acids is 1. The summed E-state index contributed by atoms with van der Waals surface area (Å²) >= 11 is 0. The lowest BCUT2D eigenvalue weighted by atomic mass is 9.92. The number of hydrogen-bond acceptors (Lipinski definition) is 4. The van der Waals surface area contributed by atoms with E-state index in [0.717, 1.165) is 43.4 Å². The number of hydrogen-bond donors (Lipinski definition) is 2. The number of amides is 1. The Bertz CT molecular complexity index is 751. The van der Waals surface area contributed by atoms with Gasteiger partial charge in [-0.05, 0) is 61.3 Å². The number of ether oxygens (including phenoxy) is 2. The van der Waals surface area contributed by atoms with Crippen molar-refractivity contribution in [2.75, 3.05) is 26.4 Å². The molecule has 0 aliphatic carbocycles. The Morgan fingerprint density at radius 2 is 1.80 bits per heavy atom. The molecule has 0 bridgehead atoms. The molecular weight excluding hydrogens is 400 g/mol. The highest BCUT2D eigenvalue weighted by molar-refractivity contribution is 5.85. The van der Waals surface area contributed by atoms with Crippen LogP contribution in [0.5, 0.6) is 5.75 Å². The second-order valence-electron chi connectivity index (χ2n) is 7.60. The van der Waals surface area contributed by atoms with Crippen molar-refractivity contribution in [3.8, 4) is 5.75 Å². The van der Waals surface area contributed by atoms with E-state index in [-0.39, 0.29) is 24.2 Å². The standard InChI is InChI=1S/C24H32N2O3.ClH/c25-23(21-12-16-28-17-13-21)24(27)26-14-11-20-8-4-10-22(18-20)29-15-5-9-19-6-2-1-3-7-19;/h1-4,6-8,10,18,21,23H,5,9,11-17,25H2,(H,26,27);1H. The highest BCUT2D eigenvalue weighted by Crippen LogP contribution is 2.18. The highest BCUT2D eigenvalue weighted by atomic mass is 35.5. The van der Waals surface area contributed by atoms with E-state index in [1.165, 1.54) is 5.56 Å². The smallest absolute Gasteiger partial charge is 0.237 e. The summed E-state index contributed by atoms with van der Waals surface area (Å²) in [6.45, 7) is 2.66. The van der Waals surface area contributed by atoms with Gasteiger partial charge in [-0.2, -0.15) is 0 Å². The summed E-state index contributed by atoms with van der Waals surface area (Å²) in [4.78, 5) is 12.3. The maximum atomic E-state index is 12.3. The van der Waals surface area contributed by atoms with Gasteiger partial charge in [0, 0.05) is 19.8 Å². The van der Waals surface area contributed by atoms with Crippen molar-refractivity contribution < 1.29 is 14.3 Å². The first kappa shape index (κ1) is 24.2. The van der Waals surface area contributed by atoms with Gasteiger partial charge in [0.25, 0.3) is 0 Å². The first-order chi connectivity index (χ1) is 14.2. The molecule has 1 fully saturated rings. The third-order valence-electron chi connectivity index (χ3n) is 5.41. The molecule has 2 aromatic rings. The van der Waals surface area contributed by atoms with E-state index in [1.807, 2.05) is 24.3 Å². The molecule has 2 aromatic carbocycles. The minimum atomic E-state index is -0.446. The number of aryl methyl sites for hydroxylation is 1. The monoisotopic (exact) mass is 432 g/mol. The van der Waals surface area contributed by atoms with Crippen LogP contribution in [-0.2, 0) is 22.4 Å². The van der Waals surface area contributed by atoms with Gasteiger partial charge in [0.2, 0.25) is 5.91 Å². The van der Waals surface area contributed by atoms with Crippen molar-refractivity contribution in [2.24, 2.45) is 11.7 Å². The Hall–Kier alpha value is -2.08. The van der Waals surface area contributed by atoms with Gasteiger partial charge in [-0.15, -0.1) is 12.4 Å². The van der Waals surface area contributed by atoms with Crippen LogP contribution >= 0.6 is 12.4 Å². The SMILES string of the molecule is Cl.NC(C(=O)NCCc1cccc(OCCCc2ccccc2)c1)C1CCOCC1. The van der Waals surface area contributed by atoms with Crippen LogP contribution in [0.1, 0.15) is 30.4 Å². The molecule has 0 aromatic heterocycles. The van der Waals surface area contributed by atoms with Gasteiger partial charge >= 0.3 is 0 Å². The maximum Gasteiger partial charge on any atom is 0.237 e. The Labute approximate surface area is 185 Å². The van der Waals surface area contributed by atoms with Crippen molar-refractivity contribution in [2.45, 2.75) is 38.1 Å². The number of nitrogens with two attached hydrogens (primary N) is 1. The molecule has 1 unspecified atom stereocenters. The van der Waals surface area contributed by atoms with Crippen LogP contribution < -0.4 is 15.8 Å². The molecule has 0 radical (unpaired) electrons. The molecule has 6 heteroatoms. The number of benzene rings is 2. The summed E-state index contributed by atoms with van der Waals surface area (Å²) in [6, 6.07) is 18.1. The largest absolute Gasteiger partial charge is 0.494 e. The second kappa shape index (κ2) is 13.3. The fraction of sp³-hybridized carbons (Fsp3) is 0.458. The summed E-state index contributed by atoms with van der Waals surface area (Å²) in [7, 11) is 0. The summed E-state index contributed by atoms with van der Waals surface area (Å²) in [5.41, 5.74) is 8.59. The van der Waals surface area contributed by atoms with Crippen molar-refractivity contribution in [1.82, 2.24) is 5.32 Å². The van der Waals surface area contributed by atoms with Crippen molar-refractivity contribution in [3.63, 3.8) is 0 Å². The fourth-order valence-corrected chi connectivity index (χ4v) is 3.64. The van der Waals surface area contributed by atoms with Crippen LogP contribution in [-0.4, -0.2) is 38.3 Å². The zero-order valence-electron chi connectivity index (χ0n) is 17.4. The molecule has 1 aliphatic heterocycles. The highest BCUT2D eigenvalue weighted by Gasteiger charge is 2.26. The van der Waals surface area contributed by atoms with Crippen LogP contribution in [0.25, 0.3) is 0 Å². The van der Waals surface area contributed by atoms with E-state index < -0.39 is 6.04 Å². The minimum absolute atomic E-state index is 0. The molecule has 30 heavy (non-hydrogen) atoms. The zero-order valence-corrected chi connectivity index (χ0v) is 18.2. The Morgan fingerprint density at radius 1 is 1.07 bits per heavy atom. The van der Waals surface area contributed by atoms with E-state index in [4.69, 9.17) is 15.2 Å². The van der Waals surface area contributed by atoms with Crippen molar-refractivity contribution in [1.29, 1.82) is 0 Å². The lowest BCUT2D eigenvalue weighted by molar-refractivity contribution is -0.124. The molecule has 0 saturated carbocycles. The van der Waals surface area contributed by atoms with Crippen LogP contribution in [0.15, 0.2) is 54.6 Å². The van der Waals surface area contributed by atoms with Crippen molar-refractivity contribution in [3.05, 3.63) is 65.7 Å². The van der Waals surface area contributed by atoms with Gasteiger partial charge in [0.05, 0.1) is 12.6 Å². The van der Waals surface area contributed by atoms with Gasteiger partial charge in [-0.3, -0.25) is 4.79 Å². The van der Waals surface area contributed by atoms with Gasteiger partial charge in [0.15, 0.2) is 0 Å². The molecule has 5 nitrogen and oxygen atoms in total. The molecule has 1 heterocycles. The summed E-state index contributed by atoms with van der Waals surface area (Å²) < 4.78 is 11.2. The maximum absolute atomic E-state index is 12.3. The van der Waals surface area contributed by atoms with Crippen LogP contribution in [0.3, 0.4) is 0 Å². The number of carbonyl (C=O) groups is 1. The predicted octanol–water partition coefficient (Wildman–Crippen LogP) is 3.53. The topological polar surface area (TPSA) is 73.6 Å². The molecule has 3 rings (SSSR count). The Kier molecular flexibility index (Phi) is 10.7. The Morgan fingerprint density at radius 3 is 2.57 bits per heavy atom. The van der Waals surface area contributed by atoms with E-state index in [0.29, 0.717) is 26.4 Å². The van der Waals surface area contributed by atoms with Gasteiger partial charge < -0.3 is 20.5 Å². The average Bonchev–Trinajstić information content (AvgIpc) is 2.78. The van der Waals surface area contributed by atoms with Gasteiger partial charge in [-0.1, -0.05) is 42.5 Å². The lowest BCUT2D eigenvalue weighted by Crippen LogP contribution is -2.47. The Balaban J connectivity index is 0.00000320. The first-order valence-corrected chi connectivity index (χ1v) is 10.6. The molecule has 1 saturated heterocycles. The molecule has 1 atom stereocenters. The normalized spacial score (nSPS) is 15.1. The van der Waals surface area contributed by atoms with E-state index in [1.54, 1.807) is 0 Å². The lowest BCUT2D eigenvalue weighted by Gasteiger charge is -2.26. The molecule has 1 amide bonds. The van der Waals surface area contributed by atoms with Crippen LogP contribution in [0, 0.1) is 5.92 Å². The predicted molar refractivity (Wildman–Crippen MR) is 122 cm³/mol. The number of nitrogens with one attached hydrogen (secondary N) is 1. The number of halogens is 1. The summed E-state index contributed by atoms with van der Waals surface area (Å²) in [5.74, 6) is 1.03. The van der Waals surface area contributed by atoms with Gasteiger partial charge in [0.1, 0.15) is 5.75 Å². The third-order valence-corrected chi connectivity index (χ3v) is 5.41. The van der Waals surface area contributed by atoms with Gasteiger partial charge in [-0.25, -0.2) is 0 Å². The van der Waals surface area contributed by atoms with E-state index in [2.05, 4.69) is 35.6 Å². The molecule has 0 spiro atoms. The molecular formula is C24H33ClN2O3. The molecule has 3 N–H and O–H groups in total. The second-order valence-corrected chi connectivity index (χ2v) is 7.60. The van der Waals surface area contributed by atoms with E-state index >= 15 is 0 Å². The fourth-order valence-electron chi connectivity index (χ4n) is 3.64. The van der Waals surface area contributed by atoms with Crippen LogP contribution in [0.4, 0.5) is 0 Å². The third kappa shape index (κ3) is 7.98. The van der Waals surface area contributed by atoms with E-state index in [9.17, 15) is 4.79 Å². The molecule has 1 aliphatic rings. The first-order valence-electron chi connectivity index (χ1n) is 10.6. The summed E-state index contributed by atoms with van der Waals surface area (Å²) in [5, 5.41) is 2.97. The minimum Gasteiger partial charge on any atom is -0.494 e. The van der Waals surface area contributed by atoms with Crippen LogP contribution in [0.2, 0.25) is 0 Å². The zero-order chi connectivity index (χ0) is 20.3. The van der Waals surface area contributed by atoms with Crippen molar-refractivity contribution >= 4 is 18.3 Å². The quantitative estimate of drug-likeness (QED) is 0.563. The summed E-state index contributed by atoms with van der Waals surface area (Å²) in [6.07, 6.45) is 4.47. The average molecular weight is 433 g/mol.